The van der Waals surface area contributed by atoms with Gasteiger partial charge < -0.3 is 15.1 Å². The fourth-order valence-corrected chi connectivity index (χ4v) is 3.37. The van der Waals surface area contributed by atoms with E-state index in [1.165, 1.54) is 6.07 Å². The predicted molar refractivity (Wildman–Crippen MR) is 104 cm³/mol. The molecule has 1 saturated heterocycles. The average molecular weight is 387 g/mol. The lowest BCUT2D eigenvalue weighted by molar-refractivity contribution is -0.128. The number of nitrogens with one attached hydrogen (secondary N) is 1. The lowest BCUT2D eigenvalue weighted by atomic mass is 10.1. The van der Waals surface area contributed by atoms with Crippen molar-refractivity contribution in [3.05, 3.63) is 41.8 Å². The maximum atomic E-state index is 14.1. The van der Waals surface area contributed by atoms with Crippen molar-refractivity contribution >= 4 is 11.8 Å². The number of carbonyl (C=O) groups excluding carboxylic acids is 2. The number of hydrogen-bond donors (Lipinski definition) is 1. The molecule has 1 aliphatic heterocycles. The third kappa shape index (κ3) is 4.56. The van der Waals surface area contributed by atoms with Crippen molar-refractivity contribution < 1.29 is 14.0 Å². The van der Waals surface area contributed by atoms with E-state index in [9.17, 15) is 14.0 Å². The van der Waals surface area contributed by atoms with Crippen LogP contribution >= 0.6 is 0 Å². The molecule has 2 aromatic rings. The molecule has 2 heterocycles. The summed E-state index contributed by atoms with van der Waals surface area (Å²) in [5.41, 5.74) is 1.97. The lowest BCUT2D eigenvalue weighted by Gasteiger charge is -2.14. The number of nitrogens with zero attached hydrogens (tertiary/aromatic N) is 4. The van der Waals surface area contributed by atoms with Crippen molar-refractivity contribution in [1.29, 1.82) is 0 Å². The first-order valence-corrected chi connectivity index (χ1v) is 9.33. The van der Waals surface area contributed by atoms with Gasteiger partial charge in [0.05, 0.1) is 23.9 Å². The smallest absolute Gasteiger partial charge is 0.225 e. The van der Waals surface area contributed by atoms with Gasteiger partial charge in [-0.3, -0.25) is 14.3 Å². The third-order valence-corrected chi connectivity index (χ3v) is 4.83. The summed E-state index contributed by atoms with van der Waals surface area (Å²) in [6.07, 6.45) is 0.257. The predicted octanol–water partition coefficient (Wildman–Crippen LogP) is 1.35. The lowest BCUT2D eigenvalue weighted by Crippen LogP contribution is -2.34. The van der Waals surface area contributed by atoms with Gasteiger partial charge in [0, 0.05) is 38.7 Å². The Bertz CT molecular complexity index is 864. The van der Waals surface area contributed by atoms with Crippen molar-refractivity contribution in [2.24, 2.45) is 5.92 Å². The van der Waals surface area contributed by atoms with Gasteiger partial charge in [-0.25, -0.2) is 4.39 Å². The highest BCUT2D eigenvalue weighted by Crippen LogP contribution is 2.23. The van der Waals surface area contributed by atoms with Gasteiger partial charge in [0.15, 0.2) is 0 Å². The maximum Gasteiger partial charge on any atom is 0.225 e. The number of likely N-dealkylation sites (tertiary alicyclic amines) is 1. The zero-order chi connectivity index (χ0) is 20.3. The van der Waals surface area contributed by atoms with Crippen LogP contribution in [0.25, 0.3) is 11.3 Å². The van der Waals surface area contributed by atoms with E-state index in [1.807, 2.05) is 25.1 Å². The molecule has 0 aliphatic carbocycles. The first-order chi connectivity index (χ1) is 13.3. The molecule has 1 aromatic carbocycles. The number of amides is 2. The number of benzene rings is 1. The van der Waals surface area contributed by atoms with E-state index >= 15 is 0 Å². The summed E-state index contributed by atoms with van der Waals surface area (Å²) in [7, 11) is 5.61. The van der Waals surface area contributed by atoms with E-state index in [0.29, 0.717) is 37.4 Å². The van der Waals surface area contributed by atoms with Crippen molar-refractivity contribution in [2.75, 3.05) is 34.2 Å². The standard InChI is InChI=1S/C20H26FN5O2/c1-24(2)13-15-11-18(16-6-4-5-7-17(16)21)23-26(15)9-8-22-20(28)14-10-19(27)25(3)12-14/h4-7,11,14H,8-10,12-13H2,1-3H3,(H,22,28). The Morgan fingerprint density at radius 3 is 2.75 bits per heavy atom. The largest absolute Gasteiger partial charge is 0.354 e. The van der Waals surface area contributed by atoms with Crippen LogP contribution in [0.2, 0.25) is 0 Å². The summed E-state index contributed by atoms with van der Waals surface area (Å²) in [5.74, 6) is -0.736. The molecule has 150 valence electrons. The molecule has 1 aliphatic rings. The van der Waals surface area contributed by atoms with Crippen molar-refractivity contribution in [3.8, 4) is 11.3 Å². The van der Waals surface area contributed by atoms with E-state index in [-0.39, 0.29) is 30.0 Å². The molecule has 1 atom stereocenters. The van der Waals surface area contributed by atoms with Crippen LogP contribution in [-0.2, 0) is 22.7 Å². The van der Waals surface area contributed by atoms with Crippen LogP contribution in [0.3, 0.4) is 0 Å². The van der Waals surface area contributed by atoms with E-state index in [1.54, 1.807) is 34.8 Å². The SMILES string of the molecule is CN(C)Cc1cc(-c2ccccc2F)nn1CCNC(=O)C1CC(=O)N(C)C1. The summed E-state index contributed by atoms with van der Waals surface area (Å²) in [5, 5.41) is 7.44. The molecule has 2 amide bonds. The highest BCUT2D eigenvalue weighted by atomic mass is 19.1. The molecule has 1 aromatic heterocycles. The van der Waals surface area contributed by atoms with Gasteiger partial charge in [0.2, 0.25) is 11.8 Å². The average Bonchev–Trinajstić information content (AvgIpc) is 3.18. The first-order valence-electron chi connectivity index (χ1n) is 9.33. The number of aromatic nitrogens is 2. The van der Waals surface area contributed by atoms with Gasteiger partial charge in [-0.05, 0) is 32.3 Å². The van der Waals surface area contributed by atoms with E-state index in [2.05, 4.69) is 10.4 Å². The van der Waals surface area contributed by atoms with E-state index in [0.717, 1.165) is 5.69 Å². The third-order valence-electron chi connectivity index (χ3n) is 4.83. The molecule has 0 saturated carbocycles. The Morgan fingerprint density at radius 2 is 2.11 bits per heavy atom. The van der Waals surface area contributed by atoms with Gasteiger partial charge in [0.25, 0.3) is 0 Å². The number of halogens is 1. The fraction of sp³-hybridized carbons (Fsp3) is 0.450. The second-order valence-corrected chi connectivity index (χ2v) is 7.43. The second kappa shape index (κ2) is 8.52. The Balaban J connectivity index is 1.68. The Kier molecular flexibility index (Phi) is 6.08. The Morgan fingerprint density at radius 1 is 1.36 bits per heavy atom. The highest BCUT2D eigenvalue weighted by molar-refractivity contribution is 5.89. The van der Waals surface area contributed by atoms with Gasteiger partial charge in [-0.1, -0.05) is 12.1 Å². The molecular formula is C20H26FN5O2. The molecular weight excluding hydrogens is 361 g/mol. The summed E-state index contributed by atoms with van der Waals surface area (Å²) < 4.78 is 15.9. The van der Waals surface area contributed by atoms with Gasteiger partial charge in [-0.15, -0.1) is 0 Å². The Labute approximate surface area is 164 Å². The zero-order valence-corrected chi connectivity index (χ0v) is 16.5. The normalized spacial score (nSPS) is 16.8. The minimum atomic E-state index is -0.313. The maximum absolute atomic E-state index is 14.1. The van der Waals surface area contributed by atoms with Crippen LogP contribution in [0.4, 0.5) is 4.39 Å². The summed E-state index contributed by atoms with van der Waals surface area (Å²) in [6.45, 7) is 1.97. The van der Waals surface area contributed by atoms with Crippen molar-refractivity contribution in [3.63, 3.8) is 0 Å². The van der Waals surface area contributed by atoms with Crippen LogP contribution in [0.1, 0.15) is 12.1 Å². The number of carbonyl (C=O) groups is 2. The van der Waals surface area contributed by atoms with Crippen molar-refractivity contribution in [2.45, 2.75) is 19.5 Å². The molecule has 1 N–H and O–H groups in total. The minimum absolute atomic E-state index is 0.00461. The minimum Gasteiger partial charge on any atom is -0.354 e. The highest BCUT2D eigenvalue weighted by Gasteiger charge is 2.31. The van der Waals surface area contributed by atoms with Gasteiger partial charge >= 0.3 is 0 Å². The van der Waals surface area contributed by atoms with Crippen LogP contribution in [-0.4, -0.2) is 65.6 Å². The van der Waals surface area contributed by atoms with Crippen LogP contribution in [0.5, 0.6) is 0 Å². The molecule has 1 unspecified atom stereocenters. The molecule has 0 spiro atoms. The first kappa shape index (κ1) is 20.0. The number of rotatable bonds is 7. The van der Waals surface area contributed by atoms with Crippen LogP contribution in [0, 0.1) is 11.7 Å². The number of hydrogen-bond acceptors (Lipinski definition) is 4. The molecule has 0 radical (unpaired) electrons. The summed E-state index contributed by atoms with van der Waals surface area (Å²) in [6, 6.07) is 8.43. The van der Waals surface area contributed by atoms with Crippen LogP contribution in [0.15, 0.2) is 30.3 Å². The molecule has 8 heteroatoms. The molecule has 28 heavy (non-hydrogen) atoms. The van der Waals surface area contributed by atoms with Gasteiger partial charge in [0.1, 0.15) is 5.82 Å². The molecule has 1 fully saturated rings. The van der Waals surface area contributed by atoms with Crippen molar-refractivity contribution in [1.82, 2.24) is 24.9 Å². The topological polar surface area (TPSA) is 70.5 Å². The Hall–Kier alpha value is -2.74. The fourth-order valence-electron chi connectivity index (χ4n) is 3.37. The molecule has 7 nitrogen and oxygen atoms in total. The summed E-state index contributed by atoms with van der Waals surface area (Å²) >= 11 is 0. The van der Waals surface area contributed by atoms with E-state index < -0.39 is 0 Å². The summed E-state index contributed by atoms with van der Waals surface area (Å²) in [4.78, 5) is 27.5. The zero-order valence-electron chi connectivity index (χ0n) is 16.5. The molecule has 0 bridgehead atoms. The van der Waals surface area contributed by atoms with Crippen LogP contribution < -0.4 is 5.32 Å². The van der Waals surface area contributed by atoms with Gasteiger partial charge in [-0.2, -0.15) is 5.10 Å². The monoisotopic (exact) mass is 387 g/mol. The van der Waals surface area contributed by atoms with E-state index in [4.69, 9.17) is 0 Å². The second-order valence-electron chi connectivity index (χ2n) is 7.43. The quantitative estimate of drug-likeness (QED) is 0.779. The molecule has 3 rings (SSSR count).